The van der Waals surface area contributed by atoms with Crippen LogP contribution in [0.3, 0.4) is 0 Å². The van der Waals surface area contributed by atoms with Crippen LogP contribution in [0.4, 0.5) is 0 Å². The molecule has 0 spiro atoms. The van der Waals surface area contributed by atoms with Crippen LogP contribution in [0.1, 0.15) is 72.6 Å². The molecule has 108 valence electrons. The lowest BCUT2D eigenvalue weighted by molar-refractivity contribution is 0.153. The smallest absolute Gasteiger partial charge is 0.00924 e. The molecule has 1 aliphatic carbocycles. The Labute approximate surface area is 115 Å². The van der Waals surface area contributed by atoms with Crippen LogP contribution in [0.25, 0.3) is 0 Å². The normalized spacial score (nSPS) is 25.3. The van der Waals surface area contributed by atoms with E-state index in [-0.39, 0.29) is 0 Å². The molecule has 1 aliphatic rings. The Hall–Kier alpha value is -0.0400. The molecule has 0 saturated heterocycles. The highest BCUT2D eigenvalue weighted by atomic mass is 15.1. The first kappa shape index (κ1) is 16.0. The van der Waals surface area contributed by atoms with Gasteiger partial charge in [-0.05, 0) is 76.3 Å². The zero-order valence-electron chi connectivity index (χ0n) is 13.4. The Morgan fingerprint density at radius 1 is 0.944 bits per heavy atom. The molecule has 18 heavy (non-hydrogen) atoms. The summed E-state index contributed by atoms with van der Waals surface area (Å²) in [6.45, 7) is 10.7. The second-order valence-corrected chi connectivity index (χ2v) is 7.32. The molecule has 1 fully saturated rings. The zero-order valence-corrected chi connectivity index (χ0v) is 13.4. The van der Waals surface area contributed by atoms with Gasteiger partial charge in [-0.15, -0.1) is 0 Å². The zero-order chi connectivity index (χ0) is 13.5. The monoisotopic (exact) mass is 253 g/mol. The van der Waals surface area contributed by atoms with E-state index in [1.54, 1.807) is 0 Å². The van der Waals surface area contributed by atoms with Crippen LogP contribution in [-0.2, 0) is 0 Å². The van der Waals surface area contributed by atoms with Gasteiger partial charge in [-0.25, -0.2) is 0 Å². The van der Waals surface area contributed by atoms with Gasteiger partial charge in [0.15, 0.2) is 0 Å². The summed E-state index contributed by atoms with van der Waals surface area (Å²) in [5.41, 5.74) is 0. The van der Waals surface area contributed by atoms with Crippen LogP contribution >= 0.6 is 0 Å². The van der Waals surface area contributed by atoms with Crippen molar-refractivity contribution in [1.82, 2.24) is 4.90 Å². The van der Waals surface area contributed by atoms with Crippen LogP contribution in [0, 0.1) is 17.8 Å². The summed E-state index contributed by atoms with van der Waals surface area (Å²) >= 11 is 0. The van der Waals surface area contributed by atoms with Gasteiger partial charge in [-0.3, -0.25) is 0 Å². The molecule has 1 saturated carbocycles. The molecule has 0 aromatic rings. The molecule has 1 nitrogen and oxygen atoms in total. The van der Waals surface area contributed by atoms with Crippen molar-refractivity contribution < 1.29 is 0 Å². The van der Waals surface area contributed by atoms with Crippen LogP contribution < -0.4 is 0 Å². The SMILES string of the molecule is CC(C)CCCN(C)C1CCC(CC(C)C)CC1. The average Bonchev–Trinajstić information content (AvgIpc) is 2.28. The van der Waals surface area contributed by atoms with Crippen molar-refractivity contribution in [3.05, 3.63) is 0 Å². The fraction of sp³-hybridized carbons (Fsp3) is 1.00. The maximum absolute atomic E-state index is 2.63. The molecule has 0 radical (unpaired) electrons. The molecule has 0 unspecified atom stereocenters. The first-order valence-corrected chi connectivity index (χ1v) is 8.19. The quantitative estimate of drug-likeness (QED) is 0.620. The summed E-state index contributed by atoms with van der Waals surface area (Å²) in [6.07, 6.45) is 10.0. The van der Waals surface area contributed by atoms with Crippen molar-refractivity contribution in [2.75, 3.05) is 13.6 Å². The number of hydrogen-bond acceptors (Lipinski definition) is 1. The summed E-state index contributed by atoms with van der Waals surface area (Å²) in [6, 6.07) is 0.876. The predicted octanol–water partition coefficient (Wildman–Crippen LogP) is 4.96. The molecule has 0 bridgehead atoms. The van der Waals surface area contributed by atoms with E-state index in [1.807, 2.05) is 0 Å². The third kappa shape index (κ3) is 6.22. The topological polar surface area (TPSA) is 3.24 Å². The van der Waals surface area contributed by atoms with Gasteiger partial charge < -0.3 is 4.90 Å². The first-order chi connectivity index (χ1) is 8.49. The molecule has 0 amide bonds. The predicted molar refractivity (Wildman–Crippen MR) is 81.9 cm³/mol. The van der Waals surface area contributed by atoms with E-state index >= 15 is 0 Å². The van der Waals surface area contributed by atoms with Crippen LogP contribution in [0.2, 0.25) is 0 Å². The van der Waals surface area contributed by atoms with E-state index in [0.29, 0.717) is 0 Å². The van der Waals surface area contributed by atoms with Gasteiger partial charge >= 0.3 is 0 Å². The molecule has 0 atom stereocenters. The van der Waals surface area contributed by atoms with E-state index in [2.05, 4.69) is 39.6 Å². The maximum atomic E-state index is 2.63. The standard InChI is InChI=1S/C17H35N/c1-14(2)7-6-12-18(5)17-10-8-16(9-11-17)13-15(3)4/h14-17H,6-13H2,1-5H3. The van der Waals surface area contributed by atoms with Crippen molar-refractivity contribution in [3.63, 3.8) is 0 Å². The number of hydrogen-bond donors (Lipinski definition) is 0. The second kappa shape index (κ2) is 8.19. The Kier molecular flexibility index (Phi) is 7.29. The van der Waals surface area contributed by atoms with Crippen molar-refractivity contribution in [3.8, 4) is 0 Å². The van der Waals surface area contributed by atoms with Crippen LogP contribution in [0.15, 0.2) is 0 Å². The molecule has 1 rings (SSSR count). The van der Waals surface area contributed by atoms with Crippen LogP contribution in [-0.4, -0.2) is 24.5 Å². The molecular weight excluding hydrogens is 218 g/mol. The van der Waals surface area contributed by atoms with E-state index in [9.17, 15) is 0 Å². The van der Waals surface area contributed by atoms with Crippen molar-refractivity contribution in [1.29, 1.82) is 0 Å². The fourth-order valence-corrected chi connectivity index (χ4v) is 3.42. The van der Waals surface area contributed by atoms with Gasteiger partial charge in [-0.1, -0.05) is 27.7 Å². The highest BCUT2D eigenvalue weighted by Gasteiger charge is 2.24. The summed E-state index contributed by atoms with van der Waals surface area (Å²) in [5.74, 6) is 2.76. The summed E-state index contributed by atoms with van der Waals surface area (Å²) in [4.78, 5) is 2.63. The molecule has 1 heteroatoms. The third-order valence-electron chi connectivity index (χ3n) is 4.54. The van der Waals surface area contributed by atoms with E-state index in [4.69, 9.17) is 0 Å². The minimum Gasteiger partial charge on any atom is -0.303 e. The van der Waals surface area contributed by atoms with Crippen LogP contribution in [0.5, 0.6) is 0 Å². The largest absolute Gasteiger partial charge is 0.303 e. The minimum absolute atomic E-state index is 0.861. The van der Waals surface area contributed by atoms with Gasteiger partial charge in [-0.2, -0.15) is 0 Å². The third-order valence-corrected chi connectivity index (χ3v) is 4.54. The number of rotatable bonds is 7. The lowest BCUT2D eigenvalue weighted by atomic mass is 9.81. The number of nitrogens with zero attached hydrogens (tertiary/aromatic N) is 1. The Bertz CT molecular complexity index is 202. The Balaban J connectivity index is 2.17. The van der Waals surface area contributed by atoms with Crippen molar-refractivity contribution in [2.24, 2.45) is 17.8 Å². The van der Waals surface area contributed by atoms with Crippen molar-refractivity contribution >= 4 is 0 Å². The van der Waals surface area contributed by atoms with Gasteiger partial charge in [0.25, 0.3) is 0 Å². The minimum atomic E-state index is 0.861. The fourth-order valence-electron chi connectivity index (χ4n) is 3.42. The molecule has 0 N–H and O–H groups in total. The molecule has 0 heterocycles. The Morgan fingerprint density at radius 2 is 1.56 bits per heavy atom. The lowest BCUT2D eigenvalue weighted by Gasteiger charge is -2.35. The highest BCUT2D eigenvalue weighted by molar-refractivity contribution is 4.78. The lowest BCUT2D eigenvalue weighted by Crippen LogP contribution is -2.36. The highest BCUT2D eigenvalue weighted by Crippen LogP contribution is 2.31. The summed E-state index contributed by atoms with van der Waals surface area (Å²) in [5, 5.41) is 0. The molecule has 0 aromatic heterocycles. The van der Waals surface area contributed by atoms with E-state index in [1.165, 1.54) is 51.5 Å². The Morgan fingerprint density at radius 3 is 2.06 bits per heavy atom. The molecule has 0 aromatic carbocycles. The van der Waals surface area contributed by atoms with E-state index < -0.39 is 0 Å². The van der Waals surface area contributed by atoms with E-state index in [0.717, 1.165) is 23.8 Å². The molecule has 0 aliphatic heterocycles. The maximum Gasteiger partial charge on any atom is 0.00924 e. The van der Waals surface area contributed by atoms with Crippen molar-refractivity contribution in [2.45, 2.75) is 78.7 Å². The summed E-state index contributed by atoms with van der Waals surface area (Å²) in [7, 11) is 2.34. The molecular formula is C17H35N. The average molecular weight is 253 g/mol. The first-order valence-electron chi connectivity index (χ1n) is 8.19. The van der Waals surface area contributed by atoms with Gasteiger partial charge in [0.05, 0.1) is 0 Å². The van der Waals surface area contributed by atoms with Gasteiger partial charge in [0.1, 0.15) is 0 Å². The second-order valence-electron chi connectivity index (χ2n) is 7.32. The van der Waals surface area contributed by atoms with Gasteiger partial charge in [0.2, 0.25) is 0 Å². The van der Waals surface area contributed by atoms with Gasteiger partial charge in [0, 0.05) is 6.04 Å². The summed E-state index contributed by atoms with van der Waals surface area (Å²) < 4.78 is 0.